The zero-order valence-electron chi connectivity index (χ0n) is 12.0. The molecule has 20 heavy (non-hydrogen) atoms. The number of hydrogen-bond acceptors (Lipinski definition) is 2. The molecule has 0 bridgehead atoms. The molecule has 3 nitrogen and oxygen atoms in total. The first-order valence-corrected chi connectivity index (χ1v) is 7.42. The molecule has 4 unspecified atom stereocenters. The second-order valence-corrected chi connectivity index (χ2v) is 6.03. The monoisotopic (exact) mass is 276 g/mol. The van der Waals surface area contributed by atoms with E-state index in [1.54, 1.807) is 12.1 Å². The van der Waals surface area contributed by atoms with Gasteiger partial charge in [0.15, 0.2) is 0 Å². The van der Waals surface area contributed by atoms with Crippen LogP contribution in [-0.4, -0.2) is 22.9 Å². The van der Waals surface area contributed by atoms with Crippen LogP contribution in [0.1, 0.15) is 44.8 Å². The Labute approximate surface area is 119 Å². The minimum absolute atomic E-state index is 0.0944. The molecule has 1 aromatic carbocycles. The molecule has 2 aliphatic rings. The van der Waals surface area contributed by atoms with Gasteiger partial charge in [-0.15, -0.1) is 0 Å². The topological polar surface area (TPSA) is 32.3 Å². The predicted molar refractivity (Wildman–Crippen MR) is 75.4 cm³/mol. The predicted octanol–water partition coefficient (Wildman–Crippen LogP) is 2.83. The van der Waals surface area contributed by atoms with E-state index in [2.05, 4.69) is 12.2 Å². The third-order valence-corrected chi connectivity index (χ3v) is 4.68. The maximum Gasteiger partial charge on any atom is 0.241 e. The highest BCUT2D eigenvalue weighted by atomic mass is 19.1. The molecule has 2 fully saturated rings. The number of nitrogens with one attached hydrogen (secondary N) is 1. The number of halogens is 1. The smallest absolute Gasteiger partial charge is 0.241 e. The maximum absolute atomic E-state index is 14.1. The molecule has 3 rings (SSSR count). The van der Waals surface area contributed by atoms with E-state index in [0.717, 1.165) is 19.3 Å². The molecule has 1 aliphatic carbocycles. The van der Waals surface area contributed by atoms with Gasteiger partial charge in [0.25, 0.3) is 0 Å². The number of carbonyl (C=O) groups is 1. The van der Waals surface area contributed by atoms with Gasteiger partial charge in [0, 0.05) is 11.6 Å². The van der Waals surface area contributed by atoms with Crippen LogP contribution in [0, 0.1) is 11.7 Å². The summed E-state index contributed by atoms with van der Waals surface area (Å²) in [5.74, 6) is 0.333. The van der Waals surface area contributed by atoms with Crippen LogP contribution in [0.4, 0.5) is 4.39 Å². The molecule has 108 valence electrons. The van der Waals surface area contributed by atoms with Crippen molar-refractivity contribution in [2.75, 3.05) is 0 Å². The Morgan fingerprint density at radius 3 is 2.65 bits per heavy atom. The van der Waals surface area contributed by atoms with Gasteiger partial charge >= 0.3 is 0 Å². The number of carbonyl (C=O) groups excluding carboxylic acids is 1. The van der Waals surface area contributed by atoms with Crippen molar-refractivity contribution in [1.29, 1.82) is 0 Å². The molecule has 0 spiro atoms. The van der Waals surface area contributed by atoms with Crippen LogP contribution in [-0.2, 0) is 4.79 Å². The van der Waals surface area contributed by atoms with Crippen molar-refractivity contribution in [2.24, 2.45) is 5.92 Å². The molecule has 1 amide bonds. The van der Waals surface area contributed by atoms with Gasteiger partial charge in [-0.25, -0.2) is 4.39 Å². The number of amides is 1. The first kappa shape index (κ1) is 13.6. The van der Waals surface area contributed by atoms with Crippen molar-refractivity contribution in [1.82, 2.24) is 10.2 Å². The number of rotatable bonds is 2. The zero-order valence-corrected chi connectivity index (χ0v) is 12.0. The lowest BCUT2D eigenvalue weighted by atomic mass is 10.0. The summed E-state index contributed by atoms with van der Waals surface area (Å²) in [6, 6.07) is 6.72. The summed E-state index contributed by atoms with van der Waals surface area (Å²) in [5, 5.41) is 3.24. The van der Waals surface area contributed by atoms with E-state index in [4.69, 9.17) is 0 Å². The van der Waals surface area contributed by atoms with Crippen LogP contribution in [0.2, 0.25) is 0 Å². The fourth-order valence-corrected chi connectivity index (χ4v) is 3.57. The van der Waals surface area contributed by atoms with Gasteiger partial charge in [-0.3, -0.25) is 10.1 Å². The van der Waals surface area contributed by atoms with Gasteiger partial charge in [0.05, 0.1) is 6.04 Å². The van der Waals surface area contributed by atoms with Crippen molar-refractivity contribution in [3.63, 3.8) is 0 Å². The Hall–Kier alpha value is -1.42. The second kappa shape index (κ2) is 5.17. The van der Waals surface area contributed by atoms with Crippen LogP contribution < -0.4 is 5.32 Å². The summed E-state index contributed by atoms with van der Waals surface area (Å²) in [6.07, 6.45) is 2.98. The first-order chi connectivity index (χ1) is 9.59. The van der Waals surface area contributed by atoms with Crippen molar-refractivity contribution < 1.29 is 9.18 Å². The minimum Gasteiger partial charge on any atom is -0.318 e. The van der Waals surface area contributed by atoms with Crippen molar-refractivity contribution >= 4 is 5.91 Å². The molecule has 4 heteroatoms. The number of hydrogen-bond donors (Lipinski definition) is 1. The molecule has 0 aromatic heterocycles. The van der Waals surface area contributed by atoms with E-state index in [9.17, 15) is 9.18 Å². The SMILES string of the molecule is CC1NC(c2ccccc2F)N(C2CCCC2C)C1=O. The summed E-state index contributed by atoms with van der Waals surface area (Å²) in [5.41, 5.74) is 0.573. The standard InChI is InChI=1S/C16H21FN2O/c1-10-6-5-9-14(10)19-15(18-11(2)16(19)20)12-7-3-4-8-13(12)17/h3-4,7-8,10-11,14-15,18H,5-6,9H2,1-2H3. The summed E-state index contributed by atoms with van der Waals surface area (Å²) in [7, 11) is 0. The van der Waals surface area contributed by atoms with Gasteiger partial charge < -0.3 is 4.90 Å². The highest BCUT2D eigenvalue weighted by Crippen LogP contribution is 2.37. The average Bonchev–Trinajstić information content (AvgIpc) is 2.95. The molecule has 1 saturated heterocycles. The van der Waals surface area contributed by atoms with Crippen LogP contribution in [0.15, 0.2) is 24.3 Å². The van der Waals surface area contributed by atoms with Crippen LogP contribution >= 0.6 is 0 Å². The summed E-state index contributed by atoms with van der Waals surface area (Å²) < 4.78 is 14.1. The number of benzene rings is 1. The average molecular weight is 276 g/mol. The Balaban J connectivity index is 1.96. The fraction of sp³-hybridized carbons (Fsp3) is 0.562. The molecule has 0 radical (unpaired) electrons. The summed E-state index contributed by atoms with van der Waals surface area (Å²) in [6.45, 7) is 4.04. The third kappa shape index (κ3) is 2.12. The first-order valence-electron chi connectivity index (χ1n) is 7.42. The molecule has 1 aliphatic heterocycles. The van der Waals surface area contributed by atoms with Crippen molar-refractivity contribution in [3.8, 4) is 0 Å². The van der Waals surface area contributed by atoms with E-state index in [0.29, 0.717) is 11.5 Å². The second-order valence-electron chi connectivity index (χ2n) is 6.03. The van der Waals surface area contributed by atoms with Crippen LogP contribution in [0.25, 0.3) is 0 Å². The quantitative estimate of drug-likeness (QED) is 0.901. The minimum atomic E-state index is -0.329. The van der Waals surface area contributed by atoms with Crippen molar-refractivity contribution in [2.45, 2.75) is 51.4 Å². The van der Waals surface area contributed by atoms with E-state index < -0.39 is 0 Å². The Bertz CT molecular complexity index is 519. The third-order valence-electron chi connectivity index (χ3n) is 4.68. The molecule has 1 N–H and O–H groups in total. The lowest BCUT2D eigenvalue weighted by molar-refractivity contribution is -0.132. The molecular weight excluding hydrogens is 255 g/mol. The van der Waals surface area contributed by atoms with Gasteiger partial charge in [-0.1, -0.05) is 31.5 Å². The highest BCUT2D eigenvalue weighted by molar-refractivity contribution is 5.84. The molecule has 1 aromatic rings. The largest absolute Gasteiger partial charge is 0.318 e. The maximum atomic E-state index is 14.1. The summed E-state index contributed by atoms with van der Waals surface area (Å²) >= 11 is 0. The Kier molecular flexibility index (Phi) is 3.50. The molecule has 1 heterocycles. The summed E-state index contributed by atoms with van der Waals surface area (Å²) in [4.78, 5) is 14.4. The lowest BCUT2D eigenvalue weighted by Crippen LogP contribution is -2.41. The highest BCUT2D eigenvalue weighted by Gasteiger charge is 2.44. The van der Waals surface area contributed by atoms with Crippen LogP contribution in [0.3, 0.4) is 0 Å². The van der Waals surface area contributed by atoms with Crippen molar-refractivity contribution in [3.05, 3.63) is 35.6 Å². The zero-order chi connectivity index (χ0) is 14.3. The van der Waals surface area contributed by atoms with E-state index in [-0.39, 0.29) is 30.0 Å². The van der Waals surface area contributed by atoms with E-state index >= 15 is 0 Å². The van der Waals surface area contributed by atoms with Gasteiger partial charge in [0.2, 0.25) is 5.91 Å². The van der Waals surface area contributed by atoms with Gasteiger partial charge in [0.1, 0.15) is 12.0 Å². The Morgan fingerprint density at radius 1 is 1.25 bits per heavy atom. The van der Waals surface area contributed by atoms with E-state index in [1.807, 2.05) is 17.9 Å². The molecule has 4 atom stereocenters. The Morgan fingerprint density at radius 2 is 2.00 bits per heavy atom. The lowest BCUT2D eigenvalue weighted by Gasteiger charge is -2.33. The van der Waals surface area contributed by atoms with Crippen LogP contribution in [0.5, 0.6) is 0 Å². The fourth-order valence-electron chi connectivity index (χ4n) is 3.57. The normalized spacial score (nSPS) is 34.0. The molecule has 1 saturated carbocycles. The van der Waals surface area contributed by atoms with E-state index in [1.165, 1.54) is 6.07 Å². The molecular formula is C16H21FN2O. The van der Waals surface area contributed by atoms with Gasteiger partial charge in [-0.05, 0) is 31.7 Å². The number of nitrogens with zero attached hydrogens (tertiary/aromatic N) is 1. The van der Waals surface area contributed by atoms with Gasteiger partial charge in [-0.2, -0.15) is 0 Å².